The molecule has 0 nitrogen and oxygen atoms in total. The van der Waals surface area contributed by atoms with Crippen LogP contribution in [-0.4, -0.2) is 0 Å². The molecule has 0 bridgehead atoms. The first-order valence-corrected chi connectivity index (χ1v) is 18.7. The van der Waals surface area contributed by atoms with Crippen molar-refractivity contribution in [2.24, 2.45) is 5.92 Å². The monoisotopic (exact) mass is 511 g/mol. The van der Waals surface area contributed by atoms with E-state index in [1.807, 2.05) is 0 Å². The molecule has 0 spiro atoms. The van der Waals surface area contributed by atoms with E-state index in [0.29, 0.717) is 5.92 Å². The molecule has 0 aliphatic heterocycles. The molecule has 119 valence electrons. The average molecular weight is 511 g/mol. The van der Waals surface area contributed by atoms with Crippen molar-refractivity contribution in [1.82, 2.24) is 0 Å². The molecule has 0 N–H and O–H groups in total. The van der Waals surface area contributed by atoms with Crippen LogP contribution >= 0.6 is 17.2 Å². The maximum atomic E-state index is 6.55. The van der Waals surface area contributed by atoms with Gasteiger partial charge in [-0.1, -0.05) is 0 Å². The van der Waals surface area contributed by atoms with E-state index in [-0.39, 0.29) is 0 Å². The van der Waals surface area contributed by atoms with E-state index >= 15 is 0 Å². The number of halogens is 2. The zero-order valence-electron chi connectivity index (χ0n) is 14.0. The Morgan fingerprint density at radius 1 is 1.17 bits per heavy atom. The van der Waals surface area contributed by atoms with Crippen molar-refractivity contribution in [3.05, 3.63) is 78.8 Å². The molecule has 0 saturated carbocycles. The number of allylic oxidation sites excluding steroid dienone is 14. The van der Waals surface area contributed by atoms with E-state index in [4.69, 9.17) is 17.2 Å². The summed E-state index contributed by atoms with van der Waals surface area (Å²) in [6.07, 6.45) is 14.3. The van der Waals surface area contributed by atoms with Gasteiger partial charge in [0.1, 0.15) is 0 Å². The van der Waals surface area contributed by atoms with Gasteiger partial charge in [0.25, 0.3) is 0 Å². The summed E-state index contributed by atoms with van der Waals surface area (Å²) in [7, 11) is 13.1. The molecule has 3 rings (SSSR count). The second-order valence-electron chi connectivity index (χ2n) is 6.49. The molecule has 23 heavy (non-hydrogen) atoms. The van der Waals surface area contributed by atoms with Gasteiger partial charge in [0.15, 0.2) is 0 Å². The van der Waals surface area contributed by atoms with Crippen LogP contribution in [0.25, 0.3) is 0 Å². The second kappa shape index (κ2) is 6.86. The summed E-state index contributed by atoms with van der Waals surface area (Å²) in [6, 6.07) is 0. The molecule has 3 heteroatoms. The van der Waals surface area contributed by atoms with Crippen molar-refractivity contribution in [3.63, 3.8) is 0 Å². The van der Waals surface area contributed by atoms with E-state index < -0.39 is 19.1 Å². The zero-order valence-corrected chi connectivity index (χ0v) is 19.1. The third kappa shape index (κ3) is 3.01. The molecule has 3 aliphatic carbocycles. The number of rotatable bonds is 2. The fraction of sp³-hybridized carbons (Fsp3) is 0.300. The van der Waals surface area contributed by atoms with E-state index in [9.17, 15) is 0 Å². The fourth-order valence-corrected chi connectivity index (χ4v) is 10.8. The van der Waals surface area contributed by atoms with Gasteiger partial charge in [0, 0.05) is 0 Å². The van der Waals surface area contributed by atoms with Gasteiger partial charge in [-0.3, -0.25) is 0 Å². The fourth-order valence-electron chi connectivity index (χ4n) is 3.86. The molecule has 0 aromatic carbocycles. The van der Waals surface area contributed by atoms with Crippen LogP contribution in [0.15, 0.2) is 78.8 Å². The van der Waals surface area contributed by atoms with E-state index in [0.717, 1.165) is 6.42 Å². The Labute approximate surface area is 154 Å². The first-order chi connectivity index (χ1) is 10.9. The quantitative estimate of drug-likeness (QED) is 0.356. The van der Waals surface area contributed by atoms with E-state index in [1.165, 1.54) is 42.3 Å². The van der Waals surface area contributed by atoms with Crippen LogP contribution in [0.4, 0.5) is 0 Å². The summed E-state index contributed by atoms with van der Waals surface area (Å²) in [4.78, 5) is 0. The molecule has 1 atom stereocenters. The average Bonchev–Trinajstić information content (AvgIpc) is 3.04. The summed E-state index contributed by atoms with van der Waals surface area (Å²) < 4.78 is 1.28. The van der Waals surface area contributed by atoms with Crippen LogP contribution in [0, 0.1) is 5.92 Å². The topological polar surface area (TPSA) is 0 Å². The van der Waals surface area contributed by atoms with Crippen molar-refractivity contribution >= 4 is 17.2 Å². The van der Waals surface area contributed by atoms with Gasteiger partial charge >= 0.3 is 155 Å². The zero-order chi connectivity index (χ0) is 16.7. The molecule has 1 unspecified atom stereocenters. The Kier molecular flexibility index (Phi) is 5.21. The molecular formula is C20H21Cl2Hf. The van der Waals surface area contributed by atoms with Gasteiger partial charge in [0.05, 0.1) is 0 Å². The van der Waals surface area contributed by atoms with Gasteiger partial charge in [-0.2, -0.15) is 0 Å². The van der Waals surface area contributed by atoms with Crippen molar-refractivity contribution in [1.29, 1.82) is 0 Å². The minimum atomic E-state index is -2.69. The molecule has 0 aromatic heterocycles. The van der Waals surface area contributed by atoms with E-state index in [2.05, 4.69) is 64.2 Å². The van der Waals surface area contributed by atoms with Crippen molar-refractivity contribution in [2.45, 2.75) is 34.1 Å². The van der Waals surface area contributed by atoms with Gasteiger partial charge in [-0.25, -0.2) is 0 Å². The van der Waals surface area contributed by atoms with Gasteiger partial charge in [-0.05, 0) is 0 Å². The first-order valence-electron chi connectivity index (χ1n) is 7.99. The Morgan fingerprint density at radius 2 is 1.91 bits per heavy atom. The minimum absolute atomic E-state index is 0.368. The first kappa shape index (κ1) is 17.5. The predicted octanol–water partition coefficient (Wildman–Crippen LogP) is 6.85. The van der Waals surface area contributed by atoms with Crippen LogP contribution < -0.4 is 0 Å². The van der Waals surface area contributed by atoms with Gasteiger partial charge in [-0.15, -0.1) is 0 Å². The van der Waals surface area contributed by atoms with Gasteiger partial charge < -0.3 is 0 Å². The normalized spacial score (nSPS) is 23.2. The summed E-state index contributed by atoms with van der Waals surface area (Å²) in [5.74, 6) is 0.368. The Hall–Kier alpha value is -0.370. The van der Waals surface area contributed by atoms with Gasteiger partial charge in [0.2, 0.25) is 0 Å². The van der Waals surface area contributed by atoms with Crippen LogP contribution in [0.3, 0.4) is 0 Å². The SMILES string of the molecule is CC(C)=C1C=CC=C2C(=C(C3=CC=CC3)C(C)=[C]2[Hf]([Cl])[Cl])C1C. The standard InChI is InChI=1S/C20H21.2ClH.Hf/c1-13(2)18-11-7-10-17-12-14(3)19(20(17)15(18)4)16-8-5-6-9-16;;;/h5-8,10-11,15H,9H2,1-4H3;2*1H;/q;;;+2/p-2. The molecule has 0 amide bonds. The third-order valence-corrected chi connectivity index (χ3v) is 11.6. The third-order valence-electron chi connectivity index (χ3n) is 4.88. The van der Waals surface area contributed by atoms with Crippen LogP contribution in [-0.2, 0) is 19.1 Å². The molecule has 0 saturated heterocycles. The molecule has 0 fully saturated rings. The van der Waals surface area contributed by atoms with Crippen LogP contribution in [0.2, 0.25) is 0 Å². The van der Waals surface area contributed by atoms with Crippen molar-refractivity contribution in [2.75, 3.05) is 0 Å². The summed E-state index contributed by atoms with van der Waals surface area (Å²) in [5.41, 5.74) is 9.63. The Morgan fingerprint density at radius 3 is 2.48 bits per heavy atom. The Bertz CT molecular complexity index is 763. The molecule has 0 heterocycles. The predicted molar refractivity (Wildman–Crippen MR) is 98.0 cm³/mol. The molecule has 0 aromatic rings. The van der Waals surface area contributed by atoms with Crippen LogP contribution in [0.5, 0.6) is 0 Å². The molecular weight excluding hydrogens is 490 g/mol. The second-order valence-corrected chi connectivity index (χ2v) is 17.9. The summed E-state index contributed by atoms with van der Waals surface area (Å²) in [6.45, 7) is 8.91. The number of hydrogen-bond acceptors (Lipinski definition) is 0. The van der Waals surface area contributed by atoms with E-state index in [1.54, 1.807) is 0 Å². The number of fused-ring (bicyclic) bond motifs is 1. The van der Waals surface area contributed by atoms with Crippen molar-refractivity contribution in [3.8, 4) is 0 Å². The van der Waals surface area contributed by atoms with Crippen molar-refractivity contribution < 1.29 is 19.1 Å². The molecule has 0 radical (unpaired) electrons. The molecule has 3 aliphatic rings. The Balaban J connectivity index is 2.26. The number of hydrogen-bond donors (Lipinski definition) is 0. The summed E-state index contributed by atoms with van der Waals surface area (Å²) in [5, 5.41) is 0. The summed E-state index contributed by atoms with van der Waals surface area (Å²) >= 11 is -2.69. The van der Waals surface area contributed by atoms with Crippen LogP contribution in [0.1, 0.15) is 34.1 Å². The maximum absolute atomic E-state index is 6.55.